The maximum atomic E-state index is 13.8. The van der Waals surface area contributed by atoms with Crippen molar-refractivity contribution in [3.8, 4) is 0 Å². The third-order valence-corrected chi connectivity index (χ3v) is 2.62. The number of carboxylic acid groups (broad SMARTS) is 1. The van der Waals surface area contributed by atoms with E-state index >= 15 is 0 Å². The summed E-state index contributed by atoms with van der Waals surface area (Å²) in [6.07, 6.45) is 1.15. The van der Waals surface area contributed by atoms with Gasteiger partial charge >= 0.3 is 5.97 Å². The molecule has 0 amide bonds. The van der Waals surface area contributed by atoms with Crippen molar-refractivity contribution in [2.75, 3.05) is 5.32 Å². The first-order chi connectivity index (χ1) is 8.99. The van der Waals surface area contributed by atoms with E-state index in [0.29, 0.717) is 0 Å². The van der Waals surface area contributed by atoms with Gasteiger partial charge in [0.15, 0.2) is 11.6 Å². The molecule has 0 saturated heterocycles. The molecule has 1 aromatic carbocycles. The summed E-state index contributed by atoms with van der Waals surface area (Å²) in [5.74, 6) is -3.26. The molecule has 19 heavy (non-hydrogen) atoms. The van der Waals surface area contributed by atoms with Crippen molar-refractivity contribution in [1.29, 1.82) is 0 Å². The lowest BCUT2D eigenvalue weighted by atomic mass is 10.2. The number of anilines is 2. The highest BCUT2D eigenvalue weighted by Gasteiger charge is 2.15. The van der Waals surface area contributed by atoms with Gasteiger partial charge in [0.1, 0.15) is 11.4 Å². The van der Waals surface area contributed by atoms with Crippen molar-refractivity contribution in [3.63, 3.8) is 0 Å². The number of nitrogens with zero attached hydrogens (tertiary/aromatic N) is 1. The lowest BCUT2D eigenvalue weighted by molar-refractivity contribution is 0.0692. The van der Waals surface area contributed by atoms with Crippen molar-refractivity contribution in [2.45, 2.75) is 0 Å². The second-order valence-corrected chi connectivity index (χ2v) is 3.98. The molecular weight excluding hydrogens is 278 g/mol. The van der Waals surface area contributed by atoms with E-state index in [1.54, 1.807) is 0 Å². The zero-order valence-corrected chi connectivity index (χ0v) is 10.1. The number of pyridine rings is 1. The third kappa shape index (κ3) is 2.79. The maximum Gasteiger partial charge on any atom is 0.338 e. The molecule has 7 heteroatoms. The van der Waals surface area contributed by atoms with Gasteiger partial charge in [-0.2, -0.15) is 0 Å². The largest absolute Gasteiger partial charge is 0.478 e. The predicted molar refractivity (Wildman–Crippen MR) is 65.8 cm³/mol. The molecule has 0 atom stereocenters. The molecule has 2 aromatic rings. The van der Waals surface area contributed by atoms with Crippen LogP contribution in [0.4, 0.5) is 20.3 Å². The molecule has 1 aromatic heterocycles. The summed E-state index contributed by atoms with van der Waals surface area (Å²) in [6, 6.07) is 4.51. The van der Waals surface area contributed by atoms with Gasteiger partial charge in [0.05, 0.1) is 10.7 Å². The van der Waals surface area contributed by atoms with Crippen molar-refractivity contribution in [2.24, 2.45) is 0 Å². The Morgan fingerprint density at radius 1 is 1.32 bits per heavy atom. The second-order valence-electron chi connectivity index (χ2n) is 3.58. The summed E-state index contributed by atoms with van der Waals surface area (Å²) in [6.45, 7) is 0. The molecule has 0 bridgehead atoms. The van der Waals surface area contributed by atoms with Gasteiger partial charge in [0.25, 0.3) is 0 Å². The average molecular weight is 285 g/mol. The van der Waals surface area contributed by atoms with Gasteiger partial charge < -0.3 is 10.4 Å². The van der Waals surface area contributed by atoms with Gasteiger partial charge in [-0.05, 0) is 24.3 Å². The van der Waals surface area contributed by atoms with E-state index in [4.69, 9.17) is 16.7 Å². The Morgan fingerprint density at radius 3 is 2.68 bits per heavy atom. The van der Waals surface area contributed by atoms with E-state index in [1.807, 2.05) is 0 Å². The van der Waals surface area contributed by atoms with E-state index in [2.05, 4.69) is 10.3 Å². The number of aromatic nitrogens is 1. The highest BCUT2D eigenvalue weighted by atomic mass is 35.5. The van der Waals surface area contributed by atoms with Crippen LogP contribution in [-0.4, -0.2) is 16.1 Å². The van der Waals surface area contributed by atoms with Crippen molar-refractivity contribution in [1.82, 2.24) is 4.98 Å². The molecule has 2 N–H and O–H groups in total. The van der Waals surface area contributed by atoms with Crippen LogP contribution >= 0.6 is 11.6 Å². The van der Waals surface area contributed by atoms with Crippen LogP contribution in [-0.2, 0) is 0 Å². The van der Waals surface area contributed by atoms with Gasteiger partial charge in [-0.15, -0.1) is 0 Å². The Bertz CT molecular complexity index is 650. The molecule has 2 rings (SSSR count). The van der Waals surface area contributed by atoms with Crippen LogP contribution in [0.2, 0.25) is 5.02 Å². The molecule has 0 spiro atoms. The van der Waals surface area contributed by atoms with Gasteiger partial charge in [-0.25, -0.2) is 18.6 Å². The Morgan fingerprint density at radius 2 is 2.05 bits per heavy atom. The summed E-state index contributed by atoms with van der Waals surface area (Å²) in [7, 11) is 0. The van der Waals surface area contributed by atoms with Crippen molar-refractivity contribution < 1.29 is 18.7 Å². The average Bonchev–Trinajstić information content (AvgIpc) is 2.34. The molecule has 0 aliphatic heterocycles. The standard InChI is InChI=1S/C12H7ClF2N2O2/c13-8-5-6(14)1-2-9(8)17-11-10(15)7(12(18)19)3-4-16-11/h1-5H,(H,16,17)(H,18,19). The summed E-state index contributed by atoms with van der Waals surface area (Å²) < 4.78 is 26.7. The fourth-order valence-electron chi connectivity index (χ4n) is 1.41. The number of rotatable bonds is 3. The van der Waals surface area contributed by atoms with E-state index < -0.39 is 23.2 Å². The Hall–Kier alpha value is -2.21. The molecule has 0 aliphatic carbocycles. The van der Waals surface area contributed by atoms with Crippen molar-refractivity contribution >= 4 is 29.1 Å². The van der Waals surface area contributed by atoms with E-state index in [0.717, 1.165) is 24.4 Å². The summed E-state index contributed by atoms with van der Waals surface area (Å²) in [5.41, 5.74) is -0.298. The van der Waals surface area contributed by atoms with Crippen LogP contribution in [0.25, 0.3) is 0 Å². The highest BCUT2D eigenvalue weighted by Crippen LogP contribution is 2.27. The number of carbonyl (C=O) groups is 1. The molecular formula is C12H7ClF2N2O2. The molecule has 0 radical (unpaired) electrons. The Balaban J connectivity index is 2.38. The van der Waals surface area contributed by atoms with Gasteiger partial charge in [-0.3, -0.25) is 0 Å². The van der Waals surface area contributed by atoms with Gasteiger partial charge in [-0.1, -0.05) is 11.6 Å². The van der Waals surface area contributed by atoms with Crippen LogP contribution in [0.1, 0.15) is 10.4 Å². The van der Waals surface area contributed by atoms with Crippen LogP contribution in [0.15, 0.2) is 30.5 Å². The summed E-state index contributed by atoms with van der Waals surface area (Å²) in [5, 5.41) is 11.3. The lowest BCUT2D eigenvalue weighted by Crippen LogP contribution is -2.05. The molecule has 0 saturated carbocycles. The molecule has 0 unspecified atom stereocenters. The van der Waals surface area contributed by atoms with E-state index in [-0.39, 0.29) is 16.5 Å². The fourth-order valence-corrected chi connectivity index (χ4v) is 1.63. The monoisotopic (exact) mass is 284 g/mol. The number of nitrogens with one attached hydrogen (secondary N) is 1. The smallest absolute Gasteiger partial charge is 0.338 e. The van der Waals surface area contributed by atoms with Crippen molar-refractivity contribution in [3.05, 3.63) is 52.7 Å². The zero-order chi connectivity index (χ0) is 14.0. The first kappa shape index (κ1) is 13.2. The number of halogens is 3. The lowest BCUT2D eigenvalue weighted by Gasteiger charge is -2.09. The number of hydrogen-bond donors (Lipinski definition) is 2. The quantitative estimate of drug-likeness (QED) is 0.906. The number of hydrogen-bond acceptors (Lipinski definition) is 3. The predicted octanol–water partition coefficient (Wildman–Crippen LogP) is 3.46. The topological polar surface area (TPSA) is 62.2 Å². The fraction of sp³-hybridized carbons (Fsp3) is 0. The first-order valence-electron chi connectivity index (χ1n) is 5.09. The Labute approximate surface area is 111 Å². The van der Waals surface area contributed by atoms with E-state index in [1.165, 1.54) is 6.07 Å². The van der Waals surface area contributed by atoms with Gasteiger partial charge in [0.2, 0.25) is 0 Å². The third-order valence-electron chi connectivity index (χ3n) is 2.30. The van der Waals surface area contributed by atoms with Crippen LogP contribution in [0.3, 0.4) is 0 Å². The Kier molecular flexibility index (Phi) is 3.62. The SMILES string of the molecule is O=C(O)c1ccnc(Nc2ccc(F)cc2Cl)c1F. The number of aromatic carboxylic acids is 1. The molecule has 0 aliphatic rings. The number of carboxylic acids is 1. The molecule has 4 nitrogen and oxygen atoms in total. The molecule has 1 heterocycles. The summed E-state index contributed by atoms with van der Waals surface area (Å²) in [4.78, 5) is 14.4. The van der Waals surface area contributed by atoms with Crippen LogP contribution in [0.5, 0.6) is 0 Å². The minimum atomic E-state index is -1.41. The minimum Gasteiger partial charge on any atom is -0.478 e. The number of benzene rings is 1. The van der Waals surface area contributed by atoms with Gasteiger partial charge in [0, 0.05) is 6.20 Å². The second kappa shape index (κ2) is 5.19. The summed E-state index contributed by atoms with van der Waals surface area (Å²) >= 11 is 5.77. The van der Waals surface area contributed by atoms with Crippen LogP contribution < -0.4 is 5.32 Å². The maximum absolute atomic E-state index is 13.8. The molecule has 0 fully saturated rings. The minimum absolute atomic E-state index is 0.0296. The first-order valence-corrected chi connectivity index (χ1v) is 5.46. The zero-order valence-electron chi connectivity index (χ0n) is 9.32. The van der Waals surface area contributed by atoms with E-state index in [9.17, 15) is 13.6 Å². The van der Waals surface area contributed by atoms with Crippen LogP contribution in [0, 0.1) is 11.6 Å². The highest BCUT2D eigenvalue weighted by molar-refractivity contribution is 6.33. The normalized spacial score (nSPS) is 10.3. The molecule has 98 valence electrons.